The molecule has 2 aromatic heterocycles. The van der Waals surface area contributed by atoms with Gasteiger partial charge in [-0.1, -0.05) is 64.2 Å². The van der Waals surface area contributed by atoms with E-state index in [4.69, 9.17) is 66.3 Å². The second-order valence-electron chi connectivity index (χ2n) is 35.5. The molecule has 0 spiro atoms. The molecule has 6 aliphatic heterocycles. The van der Waals surface area contributed by atoms with E-state index in [1.165, 1.54) is 13.8 Å². The number of H-pyrrole nitrogens is 4. The molecule has 132 heavy (non-hydrogen) atoms. The highest BCUT2D eigenvalue weighted by molar-refractivity contribution is 5.93. The van der Waals surface area contributed by atoms with Gasteiger partial charge in [0.05, 0.1) is 102 Å². The van der Waals surface area contributed by atoms with Crippen molar-refractivity contribution in [2.45, 2.75) is 314 Å². The van der Waals surface area contributed by atoms with Crippen LogP contribution in [0.4, 0.5) is 0 Å². The third-order valence-corrected chi connectivity index (χ3v) is 25.9. The highest BCUT2D eigenvalue weighted by Gasteiger charge is 2.56. The molecular weight excluding hydrogens is 1750 g/mol. The number of nitrogens with zero attached hydrogens (tertiary/aromatic N) is 2. The van der Waals surface area contributed by atoms with Crippen molar-refractivity contribution in [3.63, 3.8) is 0 Å². The number of carbonyl (C=O) groups is 8. The summed E-state index contributed by atoms with van der Waals surface area (Å²) >= 11 is 0. The van der Waals surface area contributed by atoms with E-state index >= 15 is 0 Å². The van der Waals surface area contributed by atoms with E-state index in [0.29, 0.717) is 26.2 Å². The molecular formula is C84H130N12O36. The van der Waals surface area contributed by atoms with Gasteiger partial charge in [0, 0.05) is 38.3 Å². The molecule has 10 aliphatic rings. The number of ether oxygens (including phenoxy) is 14. The highest BCUT2D eigenvalue weighted by atomic mass is 16.8. The standard InChI is InChI=1S/C84H130N12O36/c1-41-63(105)67(109)69(111)81(123-41)131-71-45(87-75(113)47-33-55(99)93-83(117)89-47)17-9-19-49(71)127-79-61(73(65(107)53(37-97)129-79)125-51(77(115)95-21-11-22-95)31-43-13-5-3-6-14-43)91-57(101)35-85-59(103)39-121-29-27-119-25-26-120-28-30-122-40-60(104)86-36-58(102)92-62-74(126-52(78(116)96-23-12-24-96)32-44-15-7-4-8-16-44)66(108)54(38-98)130-80(62)128-50-20-10-18-46(88-76(114)48-34-56(100)94-84(118)90-48)72(50)132-82-70(112)68(110)64(106)42(2)124-82/h33-34,41-46,49-54,61-74,79-82,97-98,105-112H,3-32,35-40H2,1-2H3,(H,85,103)(H,86,104)(H,87,113)(H,88,114)(H,91,101)(H,92,102)(H2,89,93,99,117)(H2,90,94,100,118)/t41?,42?,45?,46?,49-,50-,51+,52+,53+,54+,61?,62?,63-,64-,65+,66+,67+,68+,69?,70?,71-,72-,73?,74?,79-,80-,81+,82+/m1/s1. The van der Waals surface area contributed by atoms with Crippen molar-refractivity contribution in [3.05, 3.63) is 65.2 Å². The summed E-state index contributed by atoms with van der Waals surface area (Å²) in [4.78, 5) is 172. The van der Waals surface area contributed by atoms with Gasteiger partial charge in [0.25, 0.3) is 34.7 Å². The molecule has 28 atom stereocenters. The topological polar surface area (TPSA) is 678 Å². The minimum Gasteiger partial charge on any atom is -0.394 e. The van der Waals surface area contributed by atoms with Crippen LogP contribution >= 0.6 is 0 Å². The highest BCUT2D eigenvalue weighted by Crippen LogP contribution is 2.40. The Labute approximate surface area is 757 Å². The van der Waals surface area contributed by atoms with Crippen LogP contribution in [0.2, 0.25) is 0 Å². The summed E-state index contributed by atoms with van der Waals surface area (Å²) in [5.41, 5.74) is -4.60. The van der Waals surface area contributed by atoms with Crippen LogP contribution in [0.3, 0.4) is 0 Å². The third kappa shape index (κ3) is 28.0. The Morgan fingerprint density at radius 1 is 0.402 bits per heavy atom. The Bertz CT molecular complexity index is 4000. The summed E-state index contributed by atoms with van der Waals surface area (Å²) in [6.07, 6.45) is -24.6. The van der Waals surface area contributed by atoms with Crippen molar-refractivity contribution in [3.8, 4) is 0 Å². The van der Waals surface area contributed by atoms with Gasteiger partial charge in [-0.2, -0.15) is 0 Å². The van der Waals surface area contributed by atoms with Crippen LogP contribution in [0.5, 0.6) is 0 Å². The number of aliphatic hydroxyl groups is 10. The number of nitrogens with one attached hydrogen (secondary N) is 10. The molecule has 8 amide bonds. The molecule has 0 bridgehead atoms. The van der Waals surface area contributed by atoms with Crippen LogP contribution < -0.4 is 54.4 Å². The molecule has 6 saturated heterocycles. The Morgan fingerprint density at radius 2 is 0.773 bits per heavy atom. The molecule has 2 aromatic rings. The number of hydrogen-bond donors (Lipinski definition) is 20. The molecule has 10 unspecified atom stereocenters. The molecule has 0 aromatic carbocycles. The molecule has 742 valence electrons. The fourth-order valence-electron chi connectivity index (χ4n) is 18.4. The van der Waals surface area contributed by atoms with Crippen molar-refractivity contribution < 1.29 is 156 Å². The zero-order valence-corrected chi connectivity index (χ0v) is 73.9. The number of carbonyl (C=O) groups excluding carboxylic acids is 8. The monoisotopic (exact) mass is 1880 g/mol. The first-order valence-corrected chi connectivity index (χ1v) is 45.9. The maximum absolute atomic E-state index is 14.4. The largest absolute Gasteiger partial charge is 0.394 e. The lowest BCUT2D eigenvalue weighted by molar-refractivity contribution is -0.334. The summed E-state index contributed by atoms with van der Waals surface area (Å²) in [6.45, 7) is 0.260. The first-order chi connectivity index (χ1) is 63.4. The van der Waals surface area contributed by atoms with Crippen molar-refractivity contribution in [1.82, 2.24) is 61.6 Å². The summed E-state index contributed by atoms with van der Waals surface area (Å²) in [5, 5.41) is 127. The number of rotatable bonds is 43. The van der Waals surface area contributed by atoms with Crippen LogP contribution in [0.1, 0.15) is 163 Å². The average molecular weight is 1880 g/mol. The van der Waals surface area contributed by atoms with Crippen LogP contribution in [0.25, 0.3) is 0 Å². The quantitative estimate of drug-likeness (QED) is 0.0274. The lowest BCUT2D eigenvalue weighted by Crippen LogP contribution is -2.68. The van der Waals surface area contributed by atoms with Gasteiger partial charge in [-0.05, 0) is 89.9 Å². The average Bonchev–Trinajstić information content (AvgIpc) is 0.773. The maximum Gasteiger partial charge on any atom is 0.326 e. The normalized spacial score (nSPS) is 33.5. The SMILES string of the molecule is CC1O[C@@H](O[C@@H]2C(NC(=O)c3cc(=O)[nH]c(=O)[nH]3)CCC[C@H]2O[C@@H]2O[C@@H](CO)[C@H](O)C(O[C@@H](CC3CCCCC3)C(=O)N3CCC3)C2NC(=O)CNC(=O)COCCOCCOCCOCC(=O)NCC(=O)NC2C(O[C@@H](CC3CCCCC3)C(=O)N3CCC3)[C@@H](O)[C@H](CO)O[C@H]2O[C@@H]2CCCC(NC(=O)c3cc(=O)[nH]c(=O)[nH]3)[C@H]2O[C@@H]2OC(C)[C@@H](O)[C@H](O)C2O)C(O)[C@@H](O)[C@@H]1O. The number of hydrogen-bond acceptors (Lipinski definition) is 36. The smallest absolute Gasteiger partial charge is 0.326 e. The molecule has 4 aliphatic carbocycles. The first-order valence-electron chi connectivity index (χ1n) is 45.9. The van der Waals surface area contributed by atoms with E-state index in [9.17, 15) is 109 Å². The fraction of sp³-hybridized carbons (Fsp3) is 0.810. The Kier molecular flexibility index (Phi) is 38.9. The molecule has 10 fully saturated rings. The molecule has 48 nitrogen and oxygen atoms in total. The molecule has 0 radical (unpaired) electrons. The van der Waals surface area contributed by atoms with Gasteiger partial charge < -0.3 is 169 Å². The summed E-state index contributed by atoms with van der Waals surface area (Å²) in [7, 11) is 0. The number of aliphatic hydroxyl groups excluding tert-OH is 10. The Morgan fingerprint density at radius 3 is 1.12 bits per heavy atom. The lowest BCUT2D eigenvalue weighted by atomic mass is 9.84. The van der Waals surface area contributed by atoms with Gasteiger partial charge in [0.15, 0.2) is 25.2 Å². The van der Waals surface area contributed by atoms with Crippen molar-refractivity contribution in [1.29, 1.82) is 0 Å². The minimum absolute atomic E-state index is 0.0263. The molecule has 48 heteroatoms. The molecule has 20 N–H and O–H groups in total. The minimum atomic E-state index is -1.87. The van der Waals surface area contributed by atoms with Gasteiger partial charge in [0.1, 0.15) is 134 Å². The molecule has 8 heterocycles. The van der Waals surface area contributed by atoms with E-state index in [-0.39, 0.29) is 115 Å². The van der Waals surface area contributed by atoms with E-state index in [2.05, 4.69) is 41.9 Å². The number of amides is 8. The predicted molar refractivity (Wildman–Crippen MR) is 449 cm³/mol. The van der Waals surface area contributed by atoms with Crippen molar-refractivity contribution in [2.24, 2.45) is 11.8 Å². The van der Waals surface area contributed by atoms with E-state index < -0.39 is 280 Å². The van der Waals surface area contributed by atoms with Gasteiger partial charge in [-0.3, -0.25) is 57.9 Å². The van der Waals surface area contributed by atoms with E-state index in [1.807, 2.05) is 9.97 Å². The van der Waals surface area contributed by atoms with Crippen LogP contribution in [-0.4, -0.2) is 405 Å². The van der Waals surface area contributed by atoms with E-state index in [1.54, 1.807) is 9.80 Å². The first kappa shape index (κ1) is 103. The zero-order valence-electron chi connectivity index (χ0n) is 73.9. The Balaban J connectivity index is 0.625. The second-order valence-corrected chi connectivity index (χ2v) is 35.5. The number of aromatic amines is 4. The molecule has 12 rings (SSSR count). The summed E-state index contributed by atoms with van der Waals surface area (Å²) in [5.74, 6) is -5.74. The van der Waals surface area contributed by atoms with Gasteiger partial charge in [0.2, 0.25) is 23.6 Å². The van der Waals surface area contributed by atoms with Crippen molar-refractivity contribution in [2.75, 3.05) is 105 Å². The fourth-order valence-corrected chi connectivity index (χ4v) is 18.4. The number of aromatic nitrogens is 4. The van der Waals surface area contributed by atoms with Gasteiger partial charge >= 0.3 is 11.4 Å². The summed E-state index contributed by atoms with van der Waals surface area (Å²) in [6, 6.07) is -3.62. The van der Waals surface area contributed by atoms with Gasteiger partial charge in [-0.15, -0.1) is 0 Å². The summed E-state index contributed by atoms with van der Waals surface area (Å²) < 4.78 is 86.1. The van der Waals surface area contributed by atoms with Crippen LogP contribution in [0.15, 0.2) is 31.3 Å². The predicted octanol–water partition coefficient (Wildman–Crippen LogP) is -7.76. The zero-order chi connectivity index (χ0) is 94.4. The lowest BCUT2D eigenvalue weighted by Gasteiger charge is -2.49. The second kappa shape index (κ2) is 49.8. The van der Waals surface area contributed by atoms with Gasteiger partial charge in [-0.25, -0.2) is 9.59 Å². The Hall–Kier alpha value is -7.84. The van der Waals surface area contributed by atoms with Crippen LogP contribution in [0, 0.1) is 11.8 Å². The third-order valence-electron chi connectivity index (χ3n) is 25.9. The maximum atomic E-state index is 14.4. The van der Waals surface area contributed by atoms with Crippen molar-refractivity contribution >= 4 is 47.3 Å². The van der Waals surface area contributed by atoms with Crippen LogP contribution in [-0.2, 0) is 95.1 Å². The molecule has 4 saturated carbocycles. The van der Waals surface area contributed by atoms with E-state index in [0.717, 1.165) is 89.2 Å². The number of likely N-dealkylation sites (tertiary alicyclic amines) is 2.